The minimum Gasteiger partial charge on any atom is -0.493 e. The van der Waals surface area contributed by atoms with Crippen molar-refractivity contribution >= 4 is 15.9 Å². The van der Waals surface area contributed by atoms with Crippen molar-refractivity contribution in [2.24, 2.45) is 0 Å². The highest BCUT2D eigenvalue weighted by Gasteiger charge is 2.01. The zero-order valence-electron chi connectivity index (χ0n) is 10.7. The molecule has 0 N–H and O–H groups in total. The minimum absolute atomic E-state index is 0.418. The van der Waals surface area contributed by atoms with E-state index in [1.54, 1.807) is 0 Å². The number of ether oxygens (including phenoxy) is 1. The Kier molecular flexibility index (Phi) is 8.33. The van der Waals surface area contributed by atoms with E-state index >= 15 is 0 Å². The molecular weight excluding hydrogens is 290 g/mol. The Hall–Kier alpha value is -1.01. The van der Waals surface area contributed by atoms with Gasteiger partial charge in [-0.05, 0) is 18.9 Å². The number of halogens is 1. The molecule has 0 aliphatic carbocycles. The highest BCUT2D eigenvalue weighted by Crippen LogP contribution is 2.18. The van der Waals surface area contributed by atoms with Gasteiger partial charge >= 0.3 is 0 Å². The fourth-order valence-electron chi connectivity index (χ4n) is 1.78. The molecule has 1 aromatic carbocycles. The van der Waals surface area contributed by atoms with Crippen molar-refractivity contribution < 1.29 is 4.74 Å². The molecule has 0 aromatic heterocycles. The normalized spacial score (nSPS) is 10.0. The average Bonchev–Trinajstić information content (AvgIpc) is 2.40. The Morgan fingerprint density at radius 2 is 1.78 bits per heavy atom. The van der Waals surface area contributed by atoms with Crippen LogP contribution in [0, 0.1) is 11.3 Å². The largest absolute Gasteiger partial charge is 0.493 e. The molecule has 2 nitrogen and oxygen atoms in total. The van der Waals surface area contributed by atoms with Crippen molar-refractivity contribution in [2.75, 3.05) is 11.9 Å². The van der Waals surface area contributed by atoms with E-state index in [2.05, 4.69) is 22.0 Å². The van der Waals surface area contributed by atoms with Gasteiger partial charge in [0, 0.05) is 10.9 Å². The van der Waals surface area contributed by atoms with E-state index in [4.69, 9.17) is 10.00 Å². The van der Waals surface area contributed by atoms with Gasteiger partial charge in [0.05, 0.1) is 19.1 Å². The summed E-state index contributed by atoms with van der Waals surface area (Å²) in [5, 5.41) is 9.83. The molecule has 98 valence electrons. The molecule has 0 saturated heterocycles. The number of para-hydroxylation sites is 1. The van der Waals surface area contributed by atoms with E-state index in [1.165, 1.54) is 25.7 Å². The molecule has 0 bridgehead atoms. The second-order valence-electron chi connectivity index (χ2n) is 4.25. The molecule has 3 heteroatoms. The standard InChI is InChI=1S/C15H20BrNO/c16-11-6-2-1-3-7-13-18-15-9-5-4-8-14(15)10-12-17/h4-5,8-9H,1-3,6-7,10-11,13H2. The molecule has 18 heavy (non-hydrogen) atoms. The number of unbranched alkanes of at least 4 members (excludes halogenated alkanes) is 4. The van der Waals surface area contributed by atoms with Crippen LogP contribution in [0.15, 0.2) is 24.3 Å². The first-order valence-electron chi connectivity index (χ1n) is 6.52. The van der Waals surface area contributed by atoms with Gasteiger partial charge in [-0.1, -0.05) is 53.4 Å². The van der Waals surface area contributed by atoms with Crippen LogP contribution >= 0.6 is 15.9 Å². The second kappa shape index (κ2) is 9.96. The Morgan fingerprint density at radius 3 is 2.56 bits per heavy atom. The average molecular weight is 310 g/mol. The molecular formula is C15H20BrNO. The van der Waals surface area contributed by atoms with Gasteiger partial charge in [0.25, 0.3) is 0 Å². The van der Waals surface area contributed by atoms with Crippen LogP contribution in [0.3, 0.4) is 0 Å². The maximum absolute atomic E-state index is 8.73. The smallest absolute Gasteiger partial charge is 0.123 e. The van der Waals surface area contributed by atoms with Crippen LogP contribution < -0.4 is 4.74 Å². The second-order valence-corrected chi connectivity index (χ2v) is 5.04. The van der Waals surface area contributed by atoms with Gasteiger partial charge in [-0.15, -0.1) is 0 Å². The molecule has 0 spiro atoms. The van der Waals surface area contributed by atoms with Crippen LogP contribution in [0.2, 0.25) is 0 Å². The molecule has 1 rings (SSSR count). The quantitative estimate of drug-likeness (QED) is 0.498. The Bertz CT molecular complexity index is 373. The third-order valence-corrected chi connectivity index (χ3v) is 3.34. The van der Waals surface area contributed by atoms with E-state index in [9.17, 15) is 0 Å². The predicted octanol–water partition coefficient (Wildman–Crippen LogP) is 4.48. The summed E-state index contributed by atoms with van der Waals surface area (Å²) in [5.41, 5.74) is 0.985. The van der Waals surface area contributed by atoms with E-state index in [0.717, 1.165) is 29.7 Å². The number of hydrogen-bond acceptors (Lipinski definition) is 2. The van der Waals surface area contributed by atoms with E-state index in [0.29, 0.717) is 6.42 Å². The number of rotatable bonds is 9. The first-order valence-corrected chi connectivity index (χ1v) is 7.64. The molecule has 0 fully saturated rings. The molecule has 1 aromatic rings. The zero-order chi connectivity index (χ0) is 13.1. The molecule has 0 heterocycles. The number of nitriles is 1. The summed E-state index contributed by atoms with van der Waals surface area (Å²) < 4.78 is 5.74. The molecule has 0 unspecified atom stereocenters. The van der Waals surface area contributed by atoms with Gasteiger partial charge in [0.1, 0.15) is 5.75 Å². The number of alkyl halides is 1. The summed E-state index contributed by atoms with van der Waals surface area (Å²) >= 11 is 3.43. The van der Waals surface area contributed by atoms with Crippen molar-refractivity contribution in [3.8, 4) is 11.8 Å². The van der Waals surface area contributed by atoms with Crippen LogP contribution in [-0.4, -0.2) is 11.9 Å². The SMILES string of the molecule is N#CCc1ccccc1OCCCCCCCBr. The summed E-state index contributed by atoms with van der Waals surface area (Å²) in [7, 11) is 0. The number of hydrogen-bond donors (Lipinski definition) is 0. The molecule has 0 radical (unpaired) electrons. The zero-order valence-corrected chi connectivity index (χ0v) is 12.3. The topological polar surface area (TPSA) is 33.0 Å². The monoisotopic (exact) mass is 309 g/mol. The summed E-state index contributed by atoms with van der Waals surface area (Å²) in [6.45, 7) is 0.747. The van der Waals surface area contributed by atoms with Gasteiger partial charge in [-0.25, -0.2) is 0 Å². The van der Waals surface area contributed by atoms with E-state index in [-0.39, 0.29) is 0 Å². The first kappa shape index (κ1) is 15.0. The summed E-state index contributed by atoms with van der Waals surface area (Å²) in [5.74, 6) is 0.861. The first-order chi connectivity index (χ1) is 8.88. The summed E-state index contributed by atoms with van der Waals surface area (Å²) in [6.07, 6.45) is 6.54. The van der Waals surface area contributed by atoms with Crippen LogP contribution in [0.4, 0.5) is 0 Å². The van der Waals surface area contributed by atoms with Gasteiger partial charge in [-0.2, -0.15) is 5.26 Å². The van der Waals surface area contributed by atoms with Crippen LogP contribution in [0.25, 0.3) is 0 Å². The fourth-order valence-corrected chi connectivity index (χ4v) is 2.18. The Balaban J connectivity index is 2.21. The predicted molar refractivity (Wildman–Crippen MR) is 78.1 cm³/mol. The maximum Gasteiger partial charge on any atom is 0.123 e. The van der Waals surface area contributed by atoms with Crippen molar-refractivity contribution in [1.82, 2.24) is 0 Å². The molecule has 0 amide bonds. The summed E-state index contributed by atoms with van der Waals surface area (Å²) in [6, 6.07) is 9.95. The number of benzene rings is 1. The van der Waals surface area contributed by atoms with Crippen LogP contribution in [-0.2, 0) is 6.42 Å². The number of nitrogens with zero attached hydrogens (tertiary/aromatic N) is 1. The van der Waals surface area contributed by atoms with Gasteiger partial charge in [0.15, 0.2) is 0 Å². The van der Waals surface area contributed by atoms with Crippen molar-refractivity contribution in [2.45, 2.75) is 38.5 Å². The van der Waals surface area contributed by atoms with Gasteiger partial charge in [0.2, 0.25) is 0 Å². The lowest BCUT2D eigenvalue weighted by Crippen LogP contribution is -2.00. The lowest BCUT2D eigenvalue weighted by molar-refractivity contribution is 0.302. The third-order valence-electron chi connectivity index (χ3n) is 2.78. The Morgan fingerprint density at radius 1 is 1.06 bits per heavy atom. The van der Waals surface area contributed by atoms with Crippen molar-refractivity contribution in [3.63, 3.8) is 0 Å². The lowest BCUT2D eigenvalue weighted by Gasteiger charge is -2.09. The van der Waals surface area contributed by atoms with Crippen molar-refractivity contribution in [3.05, 3.63) is 29.8 Å². The highest BCUT2D eigenvalue weighted by atomic mass is 79.9. The molecule has 0 saturated carbocycles. The Labute approximate surface area is 118 Å². The van der Waals surface area contributed by atoms with Crippen molar-refractivity contribution in [1.29, 1.82) is 5.26 Å². The fraction of sp³-hybridized carbons (Fsp3) is 0.533. The van der Waals surface area contributed by atoms with Crippen LogP contribution in [0.1, 0.15) is 37.7 Å². The van der Waals surface area contributed by atoms with E-state index in [1.807, 2.05) is 24.3 Å². The highest BCUT2D eigenvalue weighted by molar-refractivity contribution is 9.09. The molecule has 0 atom stereocenters. The van der Waals surface area contributed by atoms with Gasteiger partial charge < -0.3 is 4.74 Å². The van der Waals surface area contributed by atoms with E-state index < -0.39 is 0 Å². The molecule has 0 aliphatic heterocycles. The maximum atomic E-state index is 8.73. The lowest BCUT2D eigenvalue weighted by atomic mass is 10.1. The van der Waals surface area contributed by atoms with Crippen LogP contribution in [0.5, 0.6) is 5.75 Å². The third kappa shape index (κ3) is 6.07. The molecule has 0 aliphatic rings. The summed E-state index contributed by atoms with van der Waals surface area (Å²) in [4.78, 5) is 0. The minimum atomic E-state index is 0.418. The van der Waals surface area contributed by atoms with Gasteiger partial charge in [-0.3, -0.25) is 0 Å².